The molecular formula is C10H18FNO4. The van der Waals surface area contributed by atoms with Crippen molar-refractivity contribution in [2.75, 3.05) is 13.1 Å². The molecule has 94 valence electrons. The van der Waals surface area contributed by atoms with Gasteiger partial charge in [0.15, 0.2) is 12.0 Å². The second-order valence-corrected chi connectivity index (χ2v) is 4.62. The van der Waals surface area contributed by atoms with Crippen LogP contribution in [0.15, 0.2) is 0 Å². The van der Waals surface area contributed by atoms with Crippen LogP contribution >= 0.6 is 0 Å². The third-order valence-electron chi connectivity index (χ3n) is 2.00. The molecule has 1 rings (SSSR count). The van der Waals surface area contributed by atoms with Crippen LogP contribution in [0, 0.1) is 0 Å². The fourth-order valence-corrected chi connectivity index (χ4v) is 1.28. The van der Waals surface area contributed by atoms with Gasteiger partial charge in [0.2, 0.25) is 0 Å². The van der Waals surface area contributed by atoms with E-state index in [4.69, 9.17) is 4.74 Å². The van der Waals surface area contributed by atoms with Gasteiger partial charge in [0.25, 0.3) is 0 Å². The number of likely N-dealkylation sites (tertiary alicyclic amines) is 1. The highest BCUT2D eigenvalue weighted by molar-refractivity contribution is 5.88. The maximum absolute atomic E-state index is 12.8. The Morgan fingerprint density at radius 3 is 2.50 bits per heavy atom. The molecule has 0 bridgehead atoms. The van der Waals surface area contributed by atoms with E-state index in [1.54, 1.807) is 20.8 Å². The Balaban J connectivity index is 0.00000225. The third-order valence-corrected chi connectivity index (χ3v) is 2.00. The number of carbonyl (C=O) groups excluding carboxylic acids is 2. The van der Waals surface area contributed by atoms with E-state index in [9.17, 15) is 14.0 Å². The molecule has 0 aromatic rings. The average Bonchev–Trinajstić information content (AvgIpc) is 2.06. The average molecular weight is 235 g/mol. The van der Waals surface area contributed by atoms with Crippen LogP contribution in [-0.4, -0.2) is 47.1 Å². The number of halogens is 1. The number of ether oxygens (including phenoxy) is 1. The van der Waals surface area contributed by atoms with Gasteiger partial charge in [-0.25, -0.2) is 9.18 Å². The third kappa shape index (κ3) is 4.14. The van der Waals surface area contributed by atoms with Crippen LogP contribution in [0.1, 0.15) is 27.2 Å². The molecule has 1 saturated heterocycles. The number of hydrogen-bond donors (Lipinski definition) is 0. The maximum Gasteiger partial charge on any atom is 0.410 e. The van der Waals surface area contributed by atoms with Gasteiger partial charge in [-0.05, 0) is 20.8 Å². The molecule has 0 saturated carbocycles. The summed E-state index contributed by atoms with van der Waals surface area (Å²) in [6.07, 6.45) is -1.91. The molecule has 2 N–H and O–H groups in total. The molecule has 0 aliphatic carbocycles. The molecule has 16 heavy (non-hydrogen) atoms. The molecule has 0 radical (unpaired) electrons. The summed E-state index contributed by atoms with van der Waals surface area (Å²) >= 11 is 0. The van der Waals surface area contributed by atoms with Gasteiger partial charge in [-0.3, -0.25) is 4.79 Å². The van der Waals surface area contributed by atoms with Crippen LogP contribution in [0.3, 0.4) is 0 Å². The Morgan fingerprint density at radius 2 is 2.06 bits per heavy atom. The molecule has 1 unspecified atom stereocenters. The zero-order chi connectivity index (χ0) is 11.6. The molecule has 1 atom stereocenters. The first-order valence-electron chi connectivity index (χ1n) is 4.94. The van der Waals surface area contributed by atoms with Crippen LogP contribution in [0.4, 0.5) is 9.18 Å². The van der Waals surface area contributed by atoms with Gasteiger partial charge in [0.1, 0.15) is 5.60 Å². The summed E-state index contributed by atoms with van der Waals surface area (Å²) in [6, 6.07) is 0. The minimum absolute atomic E-state index is 0. The summed E-state index contributed by atoms with van der Waals surface area (Å²) in [5.41, 5.74) is -0.591. The molecule has 1 amide bonds. The Kier molecular flexibility index (Phi) is 4.86. The van der Waals surface area contributed by atoms with Gasteiger partial charge < -0.3 is 15.1 Å². The first-order valence-corrected chi connectivity index (χ1v) is 4.94. The molecule has 1 fully saturated rings. The SMILES string of the molecule is CC(C)(C)OC(=O)N1CCC(F)C(=O)C1.O. The van der Waals surface area contributed by atoms with Crippen LogP contribution in [-0.2, 0) is 9.53 Å². The lowest BCUT2D eigenvalue weighted by Crippen LogP contribution is -2.46. The zero-order valence-corrected chi connectivity index (χ0v) is 9.75. The van der Waals surface area contributed by atoms with Crippen molar-refractivity contribution < 1.29 is 24.2 Å². The van der Waals surface area contributed by atoms with E-state index in [2.05, 4.69) is 0 Å². The number of carbonyl (C=O) groups is 2. The Labute approximate surface area is 93.9 Å². The van der Waals surface area contributed by atoms with E-state index in [-0.39, 0.29) is 25.0 Å². The highest BCUT2D eigenvalue weighted by atomic mass is 19.1. The minimum Gasteiger partial charge on any atom is -0.444 e. The lowest BCUT2D eigenvalue weighted by atomic mass is 10.1. The predicted molar refractivity (Wildman–Crippen MR) is 55.9 cm³/mol. The molecule has 1 aliphatic heterocycles. The van der Waals surface area contributed by atoms with E-state index < -0.39 is 23.6 Å². The first kappa shape index (κ1) is 14.8. The highest BCUT2D eigenvalue weighted by Gasteiger charge is 2.31. The minimum atomic E-state index is -1.43. The van der Waals surface area contributed by atoms with Crippen LogP contribution in [0.25, 0.3) is 0 Å². The second kappa shape index (κ2) is 5.25. The number of nitrogens with zero attached hydrogens (tertiary/aromatic N) is 1. The van der Waals surface area contributed by atoms with Crippen LogP contribution in [0.2, 0.25) is 0 Å². The Bertz CT molecular complexity index is 274. The van der Waals surface area contributed by atoms with Gasteiger partial charge in [-0.1, -0.05) is 0 Å². The number of rotatable bonds is 0. The maximum atomic E-state index is 12.8. The topological polar surface area (TPSA) is 78.1 Å². The smallest absolute Gasteiger partial charge is 0.410 e. The van der Waals surface area contributed by atoms with E-state index >= 15 is 0 Å². The van der Waals surface area contributed by atoms with Gasteiger partial charge in [-0.15, -0.1) is 0 Å². The van der Waals surface area contributed by atoms with E-state index in [0.717, 1.165) is 0 Å². The molecule has 0 spiro atoms. The summed E-state index contributed by atoms with van der Waals surface area (Å²) in [5, 5.41) is 0. The summed E-state index contributed by atoms with van der Waals surface area (Å²) in [6.45, 7) is 5.29. The van der Waals surface area contributed by atoms with Crippen molar-refractivity contribution in [1.82, 2.24) is 4.90 Å². The summed E-state index contributed by atoms with van der Waals surface area (Å²) < 4.78 is 17.9. The summed E-state index contributed by atoms with van der Waals surface area (Å²) in [7, 11) is 0. The van der Waals surface area contributed by atoms with Gasteiger partial charge in [0.05, 0.1) is 6.54 Å². The van der Waals surface area contributed by atoms with Crippen molar-refractivity contribution in [3.05, 3.63) is 0 Å². The van der Waals surface area contributed by atoms with Crippen LogP contribution < -0.4 is 0 Å². The van der Waals surface area contributed by atoms with Crippen molar-refractivity contribution in [3.8, 4) is 0 Å². The van der Waals surface area contributed by atoms with Crippen molar-refractivity contribution in [2.45, 2.75) is 39.0 Å². The number of Topliss-reactive ketones (excluding diaryl/α,β-unsaturated/α-hetero) is 1. The standard InChI is InChI=1S/C10H16FNO3.H2O/c1-10(2,3)15-9(14)12-5-4-7(11)8(13)6-12;/h7H,4-6H2,1-3H3;1H2. The van der Waals surface area contributed by atoms with E-state index in [0.29, 0.717) is 0 Å². The summed E-state index contributed by atoms with van der Waals surface area (Å²) in [4.78, 5) is 23.8. The fourth-order valence-electron chi connectivity index (χ4n) is 1.28. The molecule has 6 heteroatoms. The molecule has 0 aromatic heterocycles. The van der Waals surface area contributed by atoms with Gasteiger partial charge >= 0.3 is 6.09 Å². The van der Waals surface area contributed by atoms with E-state index in [1.807, 2.05) is 0 Å². The Morgan fingerprint density at radius 1 is 1.50 bits per heavy atom. The van der Waals surface area contributed by atoms with Crippen molar-refractivity contribution in [3.63, 3.8) is 0 Å². The molecule has 1 heterocycles. The summed E-state index contributed by atoms with van der Waals surface area (Å²) in [5.74, 6) is -0.549. The number of piperidine rings is 1. The highest BCUT2D eigenvalue weighted by Crippen LogP contribution is 2.15. The van der Waals surface area contributed by atoms with Crippen molar-refractivity contribution in [1.29, 1.82) is 0 Å². The van der Waals surface area contributed by atoms with Crippen molar-refractivity contribution >= 4 is 11.9 Å². The molecular weight excluding hydrogens is 217 g/mol. The number of ketones is 1. The lowest BCUT2D eigenvalue weighted by Gasteiger charge is -2.30. The van der Waals surface area contributed by atoms with Gasteiger partial charge in [-0.2, -0.15) is 0 Å². The number of hydrogen-bond acceptors (Lipinski definition) is 3. The largest absolute Gasteiger partial charge is 0.444 e. The zero-order valence-electron chi connectivity index (χ0n) is 9.75. The monoisotopic (exact) mass is 235 g/mol. The van der Waals surface area contributed by atoms with E-state index in [1.165, 1.54) is 4.90 Å². The van der Waals surface area contributed by atoms with Crippen LogP contribution in [0.5, 0.6) is 0 Å². The number of alkyl halides is 1. The Hall–Kier alpha value is -1.17. The molecule has 0 aromatic carbocycles. The molecule has 5 nitrogen and oxygen atoms in total. The normalized spacial score (nSPS) is 21.4. The fraction of sp³-hybridized carbons (Fsp3) is 0.800. The lowest BCUT2D eigenvalue weighted by molar-refractivity contribution is -0.127. The number of amides is 1. The second-order valence-electron chi connectivity index (χ2n) is 4.62. The molecule has 1 aliphatic rings. The predicted octanol–water partition coefficient (Wildman–Crippen LogP) is 0.710. The van der Waals surface area contributed by atoms with Crippen molar-refractivity contribution in [2.24, 2.45) is 0 Å². The van der Waals surface area contributed by atoms with Gasteiger partial charge in [0, 0.05) is 13.0 Å². The first-order chi connectivity index (χ1) is 6.79. The quantitative estimate of drug-likeness (QED) is 0.620.